The first-order valence-corrected chi connectivity index (χ1v) is 15.1. The number of hydrogen-bond acceptors (Lipinski definition) is 6. The summed E-state index contributed by atoms with van der Waals surface area (Å²) in [6.07, 6.45) is 4.50. The fraction of sp³-hybridized carbons (Fsp3) is 0.394. The van der Waals surface area contributed by atoms with E-state index in [0.29, 0.717) is 43.9 Å². The molecule has 7 nitrogen and oxygen atoms in total. The van der Waals surface area contributed by atoms with Crippen LogP contribution in [0.5, 0.6) is 5.75 Å². The molecule has 3 N–H and O–H groups in total. The summed E-state index contributed by atoms with van der Waals surface area (Å²) in [6.45, 7) is 0.669. The smallest absolute Gasteiger partial charge is 0.252 e. The minimum atomic E-state index is -1.32. The van der Waals surface area contributed by atoms with Crippen LogP contribution >= 0.6 is 15.9 Å². The van der Waals surface area contributed by atoms with E-state index in [1.807, 2.05) is 78.9 Å². The van der Waals surface area contributed by atoms with Crippen LogP contribution in [0.15, 0.2) is 88.3 Å². The van der Waals surface area contributed by atoms with Crippen molar-refractivity contribution in [1.29, 1.82) is 0 Å². The number of carbonyl (C=O) groups excluding carboxylic acids is 1. The van der Waals surface area contributed by atoms with Crippen molar-refractivity contribution in [1.82, 2.24) is 5.32 Å². The molecule has 2 aliphatic rings. The number of halogens is 1. The Hall–Kier alpha value is -3.20. The molecule has 1 aliphatic heterocycles. The fourth-order valence-corrected chi connectivity index (χ4v) is 6.13. The van der Waals surface area contributed by atoms with Gasteiger partial charge in [-0.3, -0.25) is 4.79 Å². The summed E-state index contributed by atoms with van der Waals surface area (Å²) in [6, 6.07) is 25.0. The topological polar surface area (TPSA) is 100 Å². The van der Waals surface area contributed by atoms with E-state index in [2.05, 4.69) is 21.2 Å². The molecule has 0 bridgehead atoms. The third-order valence-corrected chi connectivity index (χ3v) is 8.62. The second-order valence-electron chi connectivity index (χ2n) is 10.9. The fourth-order valence-electron chi connectivity index (χ4n) is 5.64. The first-order valence-electron chi connectivity index (χ1n) is 14.3. The van der Waals surface area contributed by atoms with Gasteiger partial charge in [0.25, 0.3) is 5.91 Å². The van der Waals surface area contributed by atoms with Gasteiger partial charge in [-0.05, 0) is 48.7 Å². The molecule has 3 aromatic rings. The van der Waals surface area contributed by atoms with Gasteiger partial charge in [0.15, 0.2) is 11.6 Å². The zero-order valence-electron chi connectivity index (χ0n) is 23.1. The minimum Gasteiger partial charge on any atom is -0.494 e. The number of carbonyl (C=O) groups is 1. The number of nitrogens with zero attached hydrogens (tertiary/aromatic N) is 1. The molecule has 1 saturated carbocycles. The van der Waals surface area contributed by atoms with Crippen LogP contribution in [0, 0.1) is 0 Å². The second kappa shape index (κ2) is 13.2. The molecule has 1 aliphatic carbocycles. The van der Waals surface area contributed by atoms with Crippen LogP contribution in [0.1, 0.15) is 61.3 Å². The molecule has 0 unspecified atom stereocenters. The molecule has 2 atom stereocenters. The van der Waals surface area contributed by atoms with E-state index in [-0.39, 0.29) is 19.1 Å². The Morgan fingerprint density at radius 2 is 1.71 bits per heavy atom. The number of aliphatic hydroxyl groups is 2. The predicted octanol–water partition coefficient (Wildman–Crippen LogP) is 5.52. The van der Waals surface area contributed by atoms with Gasteiger partial charge in [0.05, 0.1) is 12.2 Å². The van der Waals surface area contributed by atoms with Gasteiger partial charge < -0.3 is 25.0 Å². The Bertz CT molecular complexity index is 1340. The lowest BCUT2D eigenvalue weighted by atomic mass is 9.81. The van der Waals surface area contributed by atoms with Crippen LogP contribution in [0.4, 0.5) is 0 Å². The highest BCUT2D eigenvalue weighted by atomic mass is 79.9. The van der Waals surface area contributed by atoms with E-state index in [4.69, 9.17) is 19.6 Å². The first-order chi connectivity index (χ1) is 19.9. The van der Waals surface area contributed by atoms with Gasteiger partial charge in [-0.2, -0.15) is 0 Å². The third-order valence-electron chi connectivity index (χ3n) is 7.90. The van der Waals surface area contributed by atoms with Crippen molar-refractivity contribution >= 4 is 27.7 Å². The third kappa shape index (κ3) is 6.83. The number of amides is 1. The summed E-state index contributed by atoms with van der Waals surface area (Å²) < 4.78 is 13.1. The van der Waals surface area contributed by atoms with E-state index >= 15 is 0 Å². The number of ether oxygens (including phenoxy) is 2. The van der Waals surface area contributed by atoms with Crippen LogP contribution in [0.3, 0.4) is 0 Å². The zero-order valence-corrected chi connectivity index (χ0v) is 24.7. The number of benzene rings is 3. The lowest BCUT2D eigenvalue weighted by Gasteiger charge is -2.35. The van der Waals surface area contributed by atoms with Crippen LogP contribution < -0.4 is 10.1 Å². The van der Waals surface area contributed by atoms with Crippen molar-refractivity contribution in [3.05, 3.63) is 100 Å². The van der Waals surface area contributed by atoms with Crippen LogP contribution in [-0.2, 0) is 16.0 Å². The summed E-state index contributed by atoms with van der Waals surface area (Å²) in [7, 11) is 0. The number of aliphatic imine (C=N–C) groups is 1. The number of nitrogens with one attached hydrogen (secondary N) is 1. The number of aliphatic hydroxyl groups excluding tert-OH is 1. The molecule has 41 heavy (non-hydrogen) atoms. The number of hydrogen-bond donors (Lipinski definition) is 3. The van der Waals surface area contributed by atoms with E-state index in [0.717, 1.165) is 40.4 Å². The monoisotopic (exact) mass is 620 g/mol. The van der Waals surface area contributed by atoms with Crippen LogP contribution in [0.2, 0.25) is 0 Å². The molecule has 216 valence electrons. The SMILES string of the molecule is O=C(NCC1(O)CCCCC1)[C@]1(Cc2ccccc2)N=C(c2ccc(OCCCO)cc2)O[C@@H]1c1ccccc1Br. The highest BCUT2D eigenvalue weighted by molar-refractivity contribution is 9.10. The quantitative estimate of drug-likeness (QED) is 0.245. The Morgan fingerprint density at radius 3 is 2.41 bits per heavy atom. The van der Waals surface area contributed by atoms with Crippen LogP contribution in [0.25, 0.3) is 0 Å². The van der Waals surface area contributed by atoms with E-state index in [1.165, 1.54) is 0 Å². The maximum atomic E-state index is 14.4. The predicted molar refractivity (Wildman–Crippen MR) is 162 cm³/mol. The van der Waals surface area contributed by atoms with Gasteiger partial charge in [0, 0.05) is 41.6 Å². The summed E-state index contributed by atoms with van der Waals surface area (Å²) in [4.78, 5) is 19.4. The van der Waals surface area contributed by atoms with Gasteiger partial charge >= 0.3 is 0 Å². The standard InChI is InChI=1S/C33H37BrN2O5/c34-28-13-6-5-12-27(28)29-33(22-24-10-3-1-4-11-24,31(38)35-23-32(39)18-7-2-8-19-32)36-30(41-29)25-14-16-26(17-15-25)40-21-9-20-37/h1,3-6,10-17,29,37,39H,2,7-9,18-23H2,(H,35,38)/t29-,33-/m1/s1. The minimum absolute atomic E-state index is 0.0716. The largest absolute Gasteiger partial charge is 0.494 e. The second-order valence-corrected chi connectivity index (χ2v) is 11.8. The lowest BCUT2D eigenvalue weighted by molar-refractivity contribution is -0.130. The molecule has 1 heterocycles. The highest BCUT2D eigenvalue weighted by Crippen LogP contribution is 2.44. The van der Waals surface area contributed by atoms with Gasteiger partial charge in [-0.15, -0.1) is 0 Å². The molecule has 0 radical (unpaired) electrons. The molecule has 5 rings (SSSR count). The normalized spacial score (nSPS) is 21.5. The Morgan fingerprint density at radius 1 is 1.00 bits per heavy atom. The Labute approximate surface area is 249 Å². The molecule has 1 fully saturated rings. The lowest BCUT2D eigenvalue weighted by Crippen LogP contribution is -2.54. The maximum Gasteiger partial charge on any atom is 0.252 e. The molecule has 0 aromatic heterocycles. The van der Waals surface area contributed by atoms with E-state index in [1.54, 1.807) is 0 Å². The zero-order chi connectivity index (χ0) is 28.7. The van der Waals surface area contributed by atoms with E-state index in [9.17, 15) is 9.90 Å². The van der Waals surface area contributed by atoms with Crippen LogP contribution in [-0.4, -0.2) is 52.9 Å². The van der Waals surface area contributed by atoms with Crippen molar-refractivity contribution in [2.45, 2.75) is 62.2 Å². The van der Waals surface area contributed by atoms with Crippen molar-refractivity contribution in [3.63, 3.8) is 0 Å². The molecule has 3 aromatic carbocycles. The molecule has 0 saturated heterocycles. The molecular weight excluding hydrogens is 584 g/mol. The van der Waals surface area contributed by atoms with Gasteiger partial charge in [-0.1, -0.05) is 83.7 Å². The summed E-state index contributed by atoms with van der Waals surface area (Å²) in [5.74, 6) is 0.771. The average Bonchev–Trinajstić information content (AvgIpc) is 3.37. The molecule has 1 amide bonds. The molecule has 0 spiro atoms. The average molecular weight is 622 g/mol. The van der Waals surface area contributed by atoms with E-state index < -0.39 is 17.2 Å². The first kappa shape index (κ1) is 29.3. The molecule has 8 heteroatoms. The van der Waals surface area contributed by atoms with Crippen molar-refractivity contribution < 1.29 is 24.5 Å². The van der Waals surface area contributed by atoms with Crippen molar-refractivity contribution in [2.24, 2.45) is 4.99 Å². The molecular formula is C33H37BrN2O5. The number of rotatable bonds is 11. The van der Waals surface area contributed by atoms with Gasteiger partial charge in [0.2, 0.25) is 5.90 Å². The van der Waals surface area contributed by atoms with Gasteiger partial charge in [-0.25, -0.2) is 4.99 Å². The summed E-state index contributed by atoms with van der Waals surface area (Å²) in [5.41, 5.74) is 0.268. The summed E-state index contributed by atoms with van der Waals surface area (Å²) in [5, 5.41) is 23.3. The Kier molecular flexibility index (Phi) is 9.42. The summed E-state index contributed by atoms with van der Waals surface area (Å²) >= 11 is 3.68. The van der Waals surface area contributed by atoms with Crippen molar-refractivity contribution in [3.8, 4) is 5.75 Å². The highest BCUT2D eigenvalue weighted by Gasteiger charge is 2.54. The maximum absolute atomic E-state index is 14.4. The Balaban J connectivity index is 1.53. The van der Waals surface area contributed by atoms with Gasteiger partial charge in [0.1, 0.15) is 5.75 Å². The van der Waals surface area contributed by atoms with Crippen molar-refractivity contribution in [2.75, 3.05) is 19.8 Å².